The van der Waals surface area contributed by atoms with Gasteiger partial charge in [-0.3, -0.25) is 4.79 Å². The molecule has 0 fully saturated rings. The molecule has 0 spiro atoms. The highest BCUT2D eigenvalue weighted by Crippen LogP contribution is 2.01. The third-order valence-electron chi connectivity index (χ3n) is 1.67. The zero-order chi connectivity index (χ0) is 10.2. The number of amides is 1. The van der Waals surface area contributed by atoms with Crippen LogP contribution in [0.25, 0.3) is 0 Å². The van der Waals surface area contributed by atoms with Gasteiger partial charge in [0, 0.05) is 6.42 Å². The molecule has 5 heteroatoms. The number of aromatic nitrogens is 2. The molecule has 1 aromatic rings. The van der Waals surface area contributed by atoms with E-state index in [0.29, 0.717) is 12.1 Å². The van der Waals surface area contributed by atoms with Gasteiger partial charge < -0.3 is 10.6 Å². The van der Waals surface area contributed by atoms with Crippen molar-refractivity contribution in [3.8, 4) is 0 Å². The molecule has 1 heterocycles. The largest absolute Gasteiger partial charge is 0.323 e. The number of carbonyl (C=O) groups is 1. The Labute approximate surface area is 83.0 Å². The summed E-state index contributed by atoms with van der Waals surface area (Å²) in [4.78, 5) is 18.9. The third kappa shape index (κ3) is 3.95. The number of rotatable bonds is 5. The number of carbonyl (C=O) groups excluding carboxylic acids is 1. The van der Waals surface area contributed by atoms with Crippen LogP contribution in [0.4, 0.5) is 5.69 Å². The fraction of sp³-hybridized carbons (Fsp3) is 0.444. The summed E-state index contributed by atoms with van der Waals surface area (Å²) in [5, 5.41) is 5.69. The van der Waals surface area contributed by atoms with E-state index in [-0.39, 0.29) is 5.91 Å². The molecule has 76 valence electrons. The average Bonchev–Trinajstić information content (AvgIpc) is 2.20. The van der Waals surface area contributed by atoms with Gasteiger partial charge in [0.2, 0.25) is 5.91 Å². The van der Waals surface area contributed by atoms with Crippen LogP contribution >= 0.6 is 0 Å². The fourth-order valence-electron chi connectivity index (χ4n) is 1.01. The predicted octanol–water partition coefficient (Wildman–Crippen LogP) is 0.415. The molecule has 0 unspecified atom stereocenters. The molecular weight excluding hydrogens is 180 g/mol. The van der Waals surface area contributed by atoms with Crippen LogP contribution < -0.4 is 10.6 Å². The summed E-state index contributed by atoms with van der Waals surface area (Å²) in [6, 6.07) is 0. The van der Waals surface area contributed by atoms with Crippen LogP contribution in [-0.2, 0) is 4.79 Å². The summed E-state index contributed by atoms with van der Waals surface area (Å²) in [6.45, 7) is 0.846. The lowest BCUT2D eigenvalue weighted by molar-refractivity contribution is -0.116. The summed E-state index contributed by atoms with van der Waals surface area (Å²) in [7, 11) is 1.86. The van der Waals surface area contributed by atoms with E-state index in [0.717, 1.165) is 13.0 Å². The molecule has 1 aromatic heterocycles. The monoisotopic (exact) mass is 194 g/mol. The van der Waals surface area contributed by atoms with E-state index in [4.69, 9.17) is 0 Å². The van der Waals surface area contributed by atoms with Crippen molar-refractivity contribution in [1.29, 1.82) is 0 Å². The van der Waals surface area contributed by atoms with Gasteiger partial charge in [-0.05, 0) is 20.0 Å². The highest BCUT2D eigenvalue weighted by Gasteiger charge is 2.01. The van der Waals surface area contributed by atoms with E-state index in [1.807, 2.05) is 7.05 Å². The van der Waals surface area contributed by atoms with Crippen molar-refractivity contribution in [3.05, 3.63) is 18.7 Å². The summed E-state index contributed by atoms with van der Waals surface area (Å²) in [6.07, 6.45) is 5.91. The van der Waals surface area contributed by atoms with Crippen molar-refractivity contribution in [2.75, 3.05) is 18.9 Å². The second-order valence-electron chi connectivity index (χ2n) is 2.88. The molecule has 1 amide bonds. The van der Waals surface area contributed by atoms with E-state index < -0.39 is 0 Å². The highest BCUT2D eigenvalue weighted by atomic mass is 16.1. The zero-order valence-electron chi connectivity index (χ0n) is 8.16. The molecule has 1 rings (SSSR count). The van der Waals surface area contributed by atoms with E-state index in [2.05, 4.69) is 20.6 Å². The minimum Gasteiger partial charge on any atom is -0.323 e. The number of anilines is 1. The standard InChI is InChI=1S/C9H14N4O/c1-10-4-2-3-9(14)13-8-5-11-7-12-6-8/h5-7,10H,2-4H2,1H3,(H,13,14). The van der Waals surface area contributed by atoms with Crippen molar-refractivity contribution in [2.45, 2.75) is 12.8 Å². The Morgan fingerprint density at radius 3 is 2.79 bits per heavy atom. The summed E-state index contributed by atoms with van der Waals surface area (Å²) < 4.78 is 0. The maximum atomic E-state index is 11.3. The van der Waals surface area contributed by atoms with Gasteiger partial charge >= 0.3 is 0 Å². The Morgan fingerprint density at radius 2 is 2.14 bits per heavy atom. The Kier molecular flexibility index (Phi) is 4.57. The van der Waals surface area contributed by atoms with E-state index in [1.54, 1.807) is 12.4 Å². The molecule has 0 aliphatic rings. The Morgan fingerprint density at radius 1 is 1.43 bits per heavy atom. The maximum absolute atomic E-state index is 11.3. The normalized spacial score (nSPS) is 9.79. The summed E-state index contributed by atoms with van der Waals surface area (Å²) >= 11 is 0. The lowest BCUT2D eigenvalue weighted by Crippen LogP contribution is -2.15. The fourth-order valence-corrected chi connectivity index (χ4v) is 1.01. The number of nitrogens with zero attached hydrogens (tertiary/aromatic N) is 2. The van der Waals surface area contributed by atoms with Crippen molar-refractivity contribution < 1.29 is 4.79 Å². The van der Waals surface area contributed by atoms with Gasteiger partial charge in [0.05, 0.1) is 18.1 Å². The van der Waals surface area contributed by atoms with Gasteiger partial charge in [-0.1, -0.05) is 0 Å². The SMILES string of the molecule is CNCCCC(=O)Nc1cncnc1. The first-order valence-electron chi connectivity index (χ1n) is 4.52. The van der Waals surface area contributed by atoms with Gasteiger partial charge in [0.1, 0.15) is 6.33 Å². The maximum Gasteiger partial charge on any atom is 0.224 e. The quantitative estimate of drug-likeness (QED) is 0.666. The molecule has 0 aliphatic heterocycles. The predicted molar refractivity (Wildman–Crippen MR) is 53.8 cm³/mol. The van der Waals surface area contributed by atoms with Crippen molar-refractivity contribution in [3.63, 3.8) is 0 Å². The molecule has 5 nitrogen and oxygen atoms in total. The molecule has 0 aromatic carbocycles. The van der Waals surface area contributed by atoms with Crippen LogP contribution in [0, 0.1) is 0 Å². The first kappa shape index (κ1) is 10.6. The van der Waals surface area contributed by atoms with Crippen LogP contribution in [0.2, 0.25) is 0 Å². The number of hydrogen-bond donors (Lipinski definition) is 2. The number of nitrogens with one attached hydrogen (secondary N) is 2. The average molecular weight is 194 g/mol. The molecule has 14 heavy (non-hydrogen) atoms. The lowest BCUT2D eigenvalue weighted by Gasteiger charge is -2.03. The molecular formula is C9H14N4O. The first-order chi connectivity index (χ1) is 6.83. The van der Waals surface area contributed by atoms with Crippen molar-refractivity contribution in [2.24, 2.45) is 0 Å². The minimum atomic E-state index is -0.00458. The van der Waals surface area contributed by atoms with Gasteiger partial charge in [-0.25, -0.2) is 9.97 Å². The zero-order valence-corrected chi connectivity index (χ0v) is 8.16. The number of hydrogen-bond acceptors (Lipinski definition) is 4. The van der Waals surface area contributed by atoms with Crippen LogP contribution in [0.15, 0.2) is 18.7 Å². The smallest absolute Gasteiger partial charge is 0.224 e. The molecule has 0 radical (unpaired) electrons. The summed E-state index contributed by atoms with van der Waals surface area (Å²) in [5.74, 6) is -0.00458. The molecule has 0 saturated carbocycles. The van der Waals surface area contributed by atoms with Crippen molar-refractivity contribution in [1.82, 2.24) is 15.3 Å². The highest BCUT2D eigenvalue weighted by molar-refractivity contribution is 5.90. The first-order valence-corrected chi connectivity index (χ1v) is 4.52. The lowest BCUT2D eigenvalue weighted by atomic mass is 10.3. The Hall–Kier alpha value is -1.49. The molecule has 0 saturated heterocycles. The molecule has 2 N–H and O–H groups in total. The second-order valence-corrected chi connectivity index (χ2v) is 2.88. The van der Waals surface area contributed by atoms with Gasteiger partial charge in [0.15, 0.2) is 0 Å². The van der Waals surface area contributed by atoms with E-state index in [1.165, 1.54) is 6.33 Å². The van der Waals surface area contributed by atoms with Crippen LogP contribution in [0.1, 0.15) is 12.8 Å². The molecule has 0 aliphatic carbocycles. The minimum absolute atomic E-state index is 0.00458. The van der Waals surface area contributed by atoms with Gasteiger partial charge in [-0.2, -0.15) is 0 Å². The second kappa shape index (κ2) is 6.04. The Bertz CT molecular complexity index is 275. The molecule has 0 bridgehead atoms. The van der Waals surface area contributed by atoms with Crippen molar-refractivity contribution >= 4 is 11.6 Å². The van der Waals surface area contributed by atoms with Gasteiger partial charge in [-0.15, -0.1) is 0 Å². The van der Waals surface area contributed by atoms with Crippen LogP contribution in [0.5, 0.6) is 0 Å². The Balaban J connectivity index is 2.27. The summed E-state index contributed by atoms with van der Waals surface area (Å²) in [5.41, 5.74) is 0.641. The van der Waals surface area contributed by atoms with Gasteiger partial charge in [0.25, 0.3) is 0 Å². The topological polar surface area (TPSA) is 66.9 Å². The van der Waals surface area contributed by atoms with Crippen LogP contribution in [0.3, 0.4) is 0 Å². The van der Waals surface area contributed by atoms with Crippen LogP contribution in [-0.4, -0.2) is 29.5 Å². The third-order valence-corrected chi connectivity index (χ3v) is 1.67. The molecule has 0 atom stereocenters. The van der Waals surface area contributed by atoms with E-state index in [9.17, 15) is 4.79 Å². The van der Waals surface area contributed by atoms with E-state index >= 15 is 0 Å².